The van der Waals surface area contributed by atoms with Crippen LogP contribution in [0.4, 0.5) is 0 Å². The van der Waals surface area contributed by atoms with E-state index in [-0.39, 0.29) is 5.75 Å². The van der Waals surface area contributed by atoms with E-state index >= 15 is 0 Å². The standard InChI is InChI=1S/C18H25N3O5/c1-4-7-14-10-13(11-15(16(14)22)26-5-2)12-20-21-18(24)17(23)19-8-6-9-25-3/h4,10-12,22H,1,5-9H2,2-3H3,(H,19,23)(H,21,24)/b20-12+. The first-order valence-corrected chi connectivity index (χ1v) is 8.23. The van der Waals surface area contributed by atoms with Gasteiger partial charge in [-0.15, -0.1) is 6.58 Å². The molecule has 0 aliphatic rings. The Labute approximate surface area is 152 Å². The number of methoxy groups -OCH3 is 1. The maximum Gasteiger partial charge on any atom is 0.329 e. The molecule has 1 aromatic rings. The topological polar surface area (TPSA) is 109 Å². The molecular formula is C18H25N3O5. The lowest BCUT2D eigenvalue weighted by Crippen LogP contribution is -2.38. The van der Waals surface area contributed by atoms with Crippen LogP contribution in [-0.4, -0.2) is 50.0 Å². The molecule has 26 heavy (non-hydrogen) atoms. The number of phenolic OH excluding ortho intramolecular Hbond substituents is 1. The summed E-state index contributed by atoms with van der Waals surface area (Å²) in [7, 11) is 1.56. The number of carbonyl (C=O) groups excluding carboxylic acids is 2. The fraction of sp³-hybridized carbons (Fsp3) is 0.389. The van der Waals surface area contributed by atoms with Crippen LogP contribution in [0.5, 0.6) is 11.5 Å². The van der Waals surface area contributed by atoms with Gasteiger partial charge in [0.2, 0.25) is 0 Å². The summed E-state index contributed by atoms with van der Waals surface area (Å²) in [6.45, 7) is 6.68. The predicted octanol–water partition coefficient (Wildman–Crippen LogP) is 1.12. The van der Waals surface area contributed by atoms with E-state index in [0.29, 0.717) is 49.5 Å². The molecule has 0 saturated heterocycles. The number of hydrogen-bond donors (Lipinski definition) is 3. The predicted molar refractivity (Wildman–Crippen MR) is 98.4 cm³/mol. The summed E-state index contributed by atoms with van der Waals surface area (Å²) in [5, 5.41) is 16.4. The molecule has 0 saturated carbocycles. The normalized spacial score (nSPS) is 10.5. The largest absolute Gasteiger partial charge is 0.504 e. The number of rotatable bonds is 10. The van der Waals surface area contributed by atoms with Crippen LogP contribution >= 0.6 is 0 Å². The summed E-state index contributed by atoms with van der Waals surface area (Å²) in [5.74, 6) is -1.28. The van der Waals surface area contributed by atoms with E-state index in [4.69, 9.17) is 9.47 Å². The second kappa shape index (κ2) is 11.6. The van der Waals surface area contributed by atoms with Crippen molar-refractivity contribution in [3.63, 3.8) is 0 Å². The van der Waals surface area contributed by atoms with Crippen molar-refractivity contribution in [3.05, 3.63) is 35.9 Å². The Kier molecular flexibility index (Phi) is 9.48. The average molecular weight is 363 g/mol. The Bertz CT molecular complexity index is 658. The lowest BCUT2D eigenvalue weighted by Gasteiger charge is -2.10. The van der Waals surface area contributed by atoms with Crippen molar-refractivity contribution >= 4 is 18.0 Å². The lowest BCUT2D eigenvalue weighted by molar-refractivity contribution is -0.139. The number of hydrogen-bond acceptors (Lipinski definition) is 6. The monoisotopic (exact) mass is 363 g/mol. The Hall–Kier alpha value is -2.87. The molecule has 8 nitrogen and oxygen atoms in total. The maximum absolute atomic E-state index is 11.6. The molecule has 1 aromatic carbocycles. The molecule has 0 unspecified atom stereocenters. The first-order valence-electron chi connectivity index (χ1n) is 8.23. The summed E-state index contributed by atoms with van der Waals surface area (Å²) >= 11 is 0. The number of amides is 2. The number of carbonyl (C=O) groups is 2. The highest BCUT2D eigenvalue weighted by Crippen LogP contribution is 2.31. The van der Waals surface area contributed by atoms with Crippen molar-refractivity contribution in [2.45, 2.75) is 19.8 Å². The van der Waals surface area contributed by atoms with Gasteiger partial charge in [-0.25, -0.2) is 5.43 Å². The van der Waals surface area contributed by atoms with Gasteiger partial charge < -0.3 is 19.9 Å². The van der Waals surface area contributed by atoms with Gasteiger partial charge in [0, 0.05) is 25.8 Å². The number of phenols is 1. The van der Waals surface area contributed by atoms with Crippen molar-refractivity contribution in [1.82, 2.24) is 10.7 Å². The van der Waals surface area contributed by atoms with Gasteiger partial charge in [-0.2, -0.15) is 5.10 Å². The summed E-state index contributed by atoms with van der Waals surface area (Å²) in [5.41, 5.74) is 3.37. The first-order chi connectivity index (χ1) is 12.5. The molecule has 0 aromatic heterocycles. The van der Waals surface area contributed by atoms with E-state index in [9.17, 15) is 14.7 Å². The molecule has 0 spiro atoms. The fourth-order valence-electron chi connectivity index (χ4n) is 2.06. The molecule has 0 atom stereocenters. The molecule has 0 fully saturated rings. The highest BCUT2D eigenvalue weighted by molar-refractivity contribution is 6.35. The number of nitrogens with zero attached hydrogens (tertiary/aromatic N) is 1. The van der Waals surface area contributed by atoms with Gasteiger partial charge in [-0.1, -0.05) is 6.08 Å². The van der Waals surface area contributed by atoms with Crippen LogP contribution in [0.1, 0.15) is 24.5 Å². The minimum Gasteiger partial charge on any atom is -0.504 e. The first kappa shape index (κ1) is 21.2. The number of aromatic hydroxyl groups is 1. The zero-order valence-electron chi connectivity index (χ0n) is 15.1. The van der Waals surface area contributed by atoms with E-state index in [1.807, 2.05) is 0 Å². The molecular weight excluding hydrogens is 338 g/mol. The van der Waals surface area contributed by atoms with E-state index in [2.05, 4.69) is 22.4 Å². The van der Waals surface area contributed by atoms with Gasteiger partial charge in [-0.3, -0.25) is 9.59 Å². The Morgan fingerprint density at radius 3 is 2.77 bits per heavy atom. The number of hydrazone groups is 1. The average Bonchev–Trinajstić information content (AvgIpc) is 2.62. The van der Waals surface area contributed by atoms with E-state index in [0.717, 1.165) is 0 Å². The Morgan fingerprint density at radius 1 is 1.35 bits per heavy atom. The highest BCUT2D eigenvalue weighted by Gasteiger charge is 2.12. The lowest BCUT2D eigenvalue weighted by atomic mass is 10.1. The van der Waals surface area contributed by atoms with Crippen LogP contribution in [0.15, 0.2) is 29.9 Å². The molecule has 0 aliphatic heterocycles. The van der Waals surface area contributed by atoms with Gasteiger partial charge in [0.05, 0.1) is 12.8 Å². The Balaban J connectivity index is 2.70. The molecule has 0 bridgehead atoms. The quantitative estimate of drug-likeness (QED) is 0.190. The second-order valence-corrected chi connectivity index (χ2v) is 5.25. The number of nitrogens with one attached hydrogen (secondary N) is 2. The third-order valence-corrected chi connectivity index (χ3v) is 3.24. The van der Waals surface area contributed by atoms with Gasteiger partial charge in [0.15, 0.2) is 11.5 Å². The molecule has 3 N–H and O–H groups in total. The van der Waals surface area contributed by atoms with Crippen LogP contribution in [0.25, 0.3) is 0 Å². The van der Waals surface area contributed by atoms with E-state index in [1.165, 1.54) is 6.21 Å². The molecule has 1 rings (SSSR count). The van der Waals surface area contributed by atoms with Crippen LogP contribution in [0, 0.1) is 0 Å². The molecule has 142 valence electrons. The minimum absolute atomic E-state index is 0.0448. The summed E-state index contributed by atoms with van der Waals surface area (Å²) in [6.07, 6.45) is 4.08. The minimum atomic E-state index is -0.867. The molecule has 0 heterocycles. The molecule has 0 aliphatic carbocycles. The number of allylic oxidation sites excluding steroid dienone is 1. The third-order valence-electron chi connectivity index (χ3n) is 3.24. The third kappa shape index (κ3) is 6.94. The SMILES string of the molecule is C=CCc1cc(/C=N/NC(=O)C(=O)NCCCOC)cc(OCC)c1O. The van der Waals surface area contributed by atoms with Crippen molar-refractivity contribution in [1.29, 1.82) is 0 Å². The number of ether oxygens (including phenoxy) is 2. The van der Waals surface area contributed by atoms with E-state index in [1.54, 1.807) is 32.2 Å². The summed E-state index contributed by atoms with van der Waals surface area (Å²) in [4.78, 5) is 23.2. The van der Waals surface area contributed by atoms with Crippen LogP contribution in [0.3, 0.4) is 0 Å². The van der Waals surface area contributed by atoms with E-state index < -0.39 is 11.8 Å². The van der Waals surface area contributed by atoms with Crippen molar-refractivity contribution in [3.8, 4) is 11.5 Å². The van der Waals surface area contributed by atoms with Gasteiger partial charge in [-0.05, 0) is 37.5 Å². The zero-order chi connectivity index (χ0) is 19.4. The van der Waals surface area contributed by atoms with Gasteiger partial charge >= 0.3 is 11.8 Å². The molecule has 2 amide bonds. The van der Waals surface area contributed by atoms with Gasteiger partial charge in [0.25, 0.3) is 0 Å². The second-order valence-electron chi connectivity index (χ2n) is 5.25. The van der Waals surface area contributed by atoms with Gasteiger partial charge in [0.1, 0.15) is 0 Å². The van der Waals surface area contributed by atoms with Crippen LogP contribution in [0.2, 0.25) is 0 Å². The molecule has 8 heteroatoms. The summed E-state index contributed by atoms with van der Waals surface area (Å²) in [6, 6.07) is 3.28. The highest BCUT2D eigenvalue weighted by atomic mass is 16.5. The Morgan fingerprint density at radius 2 is 2.12 bits per heavy atom. The maximum atomic E-state index is 11.6. The molecule has 0 radical (unpaired) electrons. The number of benzene rings is 1. The van der Waals surface area contributed by atoms with Crippen molar-refractivity contribution in [2.75, 3.05) is 26.9 Å². The van der Waals surface area contributed by atoms with Crippen LogP contribution in [-0.2, 0) is 20.7 Å². The van der Waals surface area contributed by atoms with Crippen molar-refractivity contribution in [2.24, 2.45) is 5.10 Å². The summed E-state index contributed by atoms with van der Waals surface area (Å²) < 4.78 is 10.2. The zero-order valence-corrected chi connectivity index (χ0v) is 15.1. The van der Waals surface area contributed by atoms with Crippen molar-refractivity contribution < 1.29 is 24.2 Å². The fourth-order valence-corrected chi connectivity index (χ4v) is 2.06. The smallest absolute Gasteiger partial charge is 0.329 e. The van der Waals surface area contributed by atoms with Crippen LogP contribution < -0.4 is 15.5 Å².